The monoisotopic (exact) mass is 285 g/mol. The Labute approximate surface area is 111 Å². The summed E-state index contributed by atoms with van der Waals surface area (Å²) in [6, 6.07) is 2.65. The van der Waals surface area contributed by atoms with Crippen molar-refractivity contribution in [1.29, 1.82) is 0 Å². The summed E-state index contributed by atoms with van der Waals surface area (Å²) < 4.78 is 28.1. The van der Waals surface area contributed by atoms with E-state index in [4.69, 9.17) is 9.88 Å². The third-order valence-electron chi connectivity index (χ3n) is 2.55. The van der Waals surface area contributed by atoms with Gasteiger partial charge in [-0.15, -0.1) is 0 Å². The number of carbonyl (C=O) groups excluding carboxylic acids is 1. The summed E-state index contributed by atoms with van der Waals surface area (Å²) >= 11 is 0. The largest absolute Gasteiger partial charge is 0.488 e. The predicted octanol–water partition coefficient (Wildman–Crippen LogP) is -0.0280. The van der Waals surface area contributed by atoms with Crippen molar-refractivity contribution in [3.8, 4) is 5.75 Å². The molecule has 104 valence electrons. The maximum Gasteiger partial charge on any atom is 0.275 e. The number of ether oxygens (including phenoxy) is 1. The number of hydrogen-bond acceptors (Lipinski definition) is 5. The van der Waals surface area contributed by atoms with Crippen LogP contribution in [0.2, 0.25) is 0 Å². The fraction of sp³-hybridized carbons (Fsp3) is 0.455. The summed E-state index contributed by atoms with van der Waals surface area (Å²) in [5, 5.41) is 4.66. The van der Waals surface area contributed by atoms with E-state index in [2.05, 4.69) is 4.98 Å². The third kappa shape index (κ3) is 3.21. The number of aromatic nitrogens is 1. The highest BCUT2D eigenvalue weighted by atomic mass is 32.2. The molecule has 1 aromatic heterocycles. The normalized spacial score (nSPS) is 15.1. The highest BCUT2D eigenvalue weighted by molar-refractivity contribution is 7.89. The second-order valence-electron chi connectivity index (χ2n) is 4.56. The molecular weight excluding hydrogens is 270 g/mol. The van der Waals surface area contributed by atoms with Crippen LogP contribution in [-0.4, -0.2) is 44.4 Å². The van der Waals surface area contributed by atoms with Gasteiger partial charge in [0.05, 0.1) is 6.10 Å². The minimum absolute atomic E-state index is 0.0385. The Kier molecular flexibility index (Phi) is 3.46. The Morgan fingerprint density at radius 1 is 1.42 bits per heavy atom. The lowest BCUT2D eigenvalue weighted by Gasteiger charge is -2.14. The van der Waals surface area contributed by atoms with Crippen LogP contribution in [0, 0.1) is 0 Å². The molecule has 1 amide bonds. The van der Waals surface area contributed by atoms with Crippen LogP contribution in [0.5, 0.6) is 5.75 Å². The van der Waals surface area contributed by atoms with Crippen LogP contribution in [-0.2, 0) is 10.0 Å². The molecule has 2 rings (SSSR count). The molecule has 1 aromatic rings. The number of nitrogens with zero attached hydrogens (tertiary/aromatic N) is 2. The summed E-state index contributed by atoms with van der Waals surface area (Å²) in [5.41, 5.74) is -0.0385. The van der Waals surface area contributed by atoms with E-state index in [9.17, 15) is 13.2 Å². The number of nitrogens with two attached hydrogens (primary N) is 1. The van der Waals surface area contributed by atoms with Gasteiger partial charge in [-0.2, -0.15) is 0 Å². The van der Waals surface area contributed by atoms with Gasteiger partial charge in [0, 0.05) is 14.1 Å². The average Bonchev–Trinajstić information content (AvgIpc) is 3.11. The van der Waals surface area contributed by atoms with Crippen LogP contribution in [0.25, 0.3) is 0 Å². The molecule has 0 aliphatic heterocycles. The lowest BCUT2D eigenvalue weighted by Crippen LogP contribution is -2.25. The maximum atomic E-state index is 12.0. The van der Waals surface area contributed by atoms with E-state index in [-0.39, 0.29) is 22.6 Å². The molecule has 0 unspecified atom stereocenters. The molecule has 0 radical (unpaired) electrons. The molecule has 8 heteroatoms. The molecule has 2 N–H and O–H groups in total. The number of sulfonamides is 1. The van der Waals surface area contributed by atoms with Gasteiger partial charge >= 0.3 is 0 Å². The first-order valence-corrected chi connectivity index (χ1v) is 7.26. The summed E-state index contributed by atoms with van der Waals surface area (Å²) in [5.74, 6) is -0.144. The van der Waals surface area contributed by atoms with E-state index in [0.29, 0.717) is 0 Å². The van der Waals surface area contributed by atoms with Crippen LogP contribution in [0.1, 0.15) is 23.3 Å². The molecule has 1 aliphatic rings. The van der Waals surface area contributed by atoms with Gasteiger partial charge in [0.25, 0.3) is 15.9 Å². The number of hydrogen-bond donors (Lipinski definition) is 1. The zero-order valence-corrected chi connectivity index (χ0v) is 11.5. The van der Waals surface area contributed by atoms with Gasteiger partial charge in [0.2, 0.25) is 0 Å². The van der Waals surface area contributed by atoms with Crippen LogP contribution in [0.3, 0.4) is 0 Å². The van der Waals surface area contributed by atoms with E-state index < -0.39 is 15.9 Å². The summed E-state index contributed by atoms with van der Waals surface area (Å²) in [7, 11) is -0.851. The standard InChI is InChI=1S/C11H15N3O4S/c1-14(2)11(15)10-8(18-7-3-4-7)5-6-9(13-10)19(12,16)17/h5-7H,3-4H2,1-2H3,(H2,12,16,17). The van der Waals surface area contributed by atoms with Gasteiger partial charge in [0.1, 0.15) is 0 Å². The molecule has 7 nitrogen and oxygen atoms in total. The van der Waals surface area contributed by atoms with E-state index >= 15 is 0 Å². The van der Waals surface area contributed by atoms with Gasteiger partial charge in [-0.1, -0.05) is 0 Å². The van der Waals surface area contributed by atoms with Gasteiger partial charge in [0.15, 0.2) is 16.5 Å². The Morgan fingerprint density at radius 2 is 2.05 bits per heavy atom. The van der Waals surface area contributed by atoms with Crippen molar-refractivity contribution in [2.45, 2.75) is 24.0 Å². The lowest BCUT2D eigenvalue weighted by atomic mass is 10.3. The second kappa shape index (κ2) is 4.78. The minimum atomic E-state index is -3.95. The number of amides is 1. The van der Waals surface area contributed by atoms with Crippen molar-refractivity contribution in [2.24, 2.45) is 5.14 Å². The van der Waals surface area contributed by atoms with Crippen LogP contribution in [0.4, 0.5) is 0 Å². The van der Waals surface area contributed by atoms with Crippen LogP contribution >= 0.6 is 0 Å². The second-order valence-corrected chi connectivity index (χ2v) is 6.07. The first kappa shape index (κ1) is 13.8. The van der Waals surface area contributed by atoms with E-state index in [1.165, 1.54) is 17.0 Å². The van der Waals surface area contributed by atoms with Crippen LogP contribution in [0.15, 0.2) is 17.2 Å². The van der Waals surface area contributed by atoms with Gasteiger partial charge in [-0.3, -0.25) is 4.79 Å². The number of rotatable bonds is 4. The lowest BCUT2D eigenvalue weighted by molar-refractivity contribution is 0.0816. The van der Waals surface area contributed by atoms with Crippen molar-refractivity contribution in [2.75, 3.05) is 14.1 Å². The third-order valence-corrected chi connectivity index (χ3v) is 3.36. The van der Waals surface area contributed by atoms with E-state index in [1.54, 1.807) is 14.1 Å². The number of pyridine rings is 1. The van der Waals surface area contributed by atoms with Crippen LogP contribution < -0.4 is 9.88 Å². The molecule has 1 fully saturated rings. The Bertz CT molecular complexity index is 608. The van der Waals surface area contributed by atoms with Crippen molar-refractivity contribution >= 4 is 15.9 Å². The average molecular weight is 285 g/mol. The number of carbonyl (C=O) groups is 1. The molecule has 0 atom stereocenters. The fourth-order valence-electron chi connectivity index (χ4n) is 1.41. The molecule has 0 bridgehead atoms. The Balaban J connectivity index is 2.46. The minimum Gasteiger partial charge on any atom is -0.488 e. The van der Waals surface area contributed by atoms with Crippen molar-refractivity contribution in [3.63, 3.8) is 0 Å². The zero-order valence-electron chi connectivity index (χ0n) is 10.7. The molecular formula is C11H15N3O4S. The first-order valence-electron chi connectivity index (χ1n) is 5.71. The highest BCUT2D eigenvalue weighted by Crippen LogP contribution is 2.29. The van der Waals surface area contributed by atoms with Gasteiger partial charge < -0.3 is 9.64 Å². The van der Waals surface area contributed by atoms with Gasteiger partial charge in [-0.05, 0) is 25.0 Å². The molecule has 0 spiro atoms. The topological polar surface area (TPSA) is 103 Å². The highest BCUT2D eigenvalue weighted by Gasteiger charge is 2.28. The zero-order chi connectivity index (χ0) is 14.2. The quantitative estimate of drug-likeness (QED) is 0.837. The molecule has 0 saturated heterocycles. The number of primary sulfonamides is 1. The molecule has 1 heterocycles. The predicted molar refractivity (Wildman–Crippen MR) is 67.3 cm³/mol. The summed E-state index contributed by atoms with van der Waals surface area (Å²) in [6.45, 7) is 0. The molecule has 1 saturated carbocycles. The molecule has 0 aromatic carbocycles. The smallest absolute Gasteiger partial charge is 0.275 e. The Hall–Kier alpha value is -1.67. The SMILES string of the molecule is CN(C)C(=O)c1nc(S(N)(=O)=O)ccc1OC1CC1. The summed E-state index contributed by atoms with van der Waals surface area (Å²) in [4.78, 5) is 17.1. The molecule has 1 aliphatic carbocycles. The van der Waals surface area contributed by atoms with Crippen molar-refractivity contribution in [3.05, 3.63) is 17.8 Å². The van der Waals surface area contributed by atoms with Crippen molar-refractivity contribution in [1.82, 2.24) is 9.88 Å². The Morgan fingerprint density at radius 3 is 2.53 bits per heavy atom. The van der Waals surface area contributed by atoms with Gasteiger partial charge in [-0.25, -0.2) is 18.5 Å². The maximum absolute atomic E-state index is 12.0. The first-order chi connectivity index (χ1) is 8.79. The van der Waals surface area contributed by atoms with E-state index in [1.807, 2.05) is 0 Å². The molecule has 19 heavy (non-hydrogen) atoms. The summed E-state index contributed by atoms with van der Waals surface area (Å²) in [6.07, 6.45) is 1.93. The fourth-order valence-corrected chi connectivity index (χ4v) is 1.89. The van der Waals surface area contributed by atoms with E-state index in [0.717, 1.165) is 12.8 Å². The van der Waals surface area contributed by atoms with Crippen molar-refractivity contribution < 1.29 is 17.9 Å².